The quantitative estimate of drug-likeness (QED) is 0.741. The number of nitrogens with one attached hydrogen (secondary N) is 1. The predicted octanol–water partition coefficient (Wildman–Crippen LogP) is 1.19. The van der Waals surface area contributed by atoms with Crippen molar-refractivity contribution in [1.29, 1.82) is 0 Å². The van der Waals surface area contributed by atoms with Crippen LogP contribution in [0.3, 0.4) is 0 Å². The Morgan fingerprint density at radius 2 is 2.19 bits per heavy atom. The van der Waals surface area contributed by atoms with Crippen molar-refractivity contribution in [1.82, 2.24) is 5.32 Å². The number of carboxylic acids is 1. The third-order valence-corrected chi connectivity index (χ3v) is 4.93. The van der Waals surface area contributed by atoms with Gasteiger partial charge in [-0.1, -0.05) is 12.1 Å². The van der Waals surface area contributed by atoms with Crippen molar-refractivity contribution in [2.45, 2.75) is 31.7 Å². The molecule has 2 saturated heterocycles. The van der Waals surface area contributed by atoms with Crippen molar-refractivity contribution in [3.05, 3.63) is 24.3 Å². The van der Waals surface area contributed by atoms with E-state index >= 15 is 0 Å². The highest BCUT2D eigenvalue weighted by Gasteiger charge is 2.43. The van der Waals surface area contributed by atoms with Gasteiger partial charge in [-0.05, 0) is 25.5 Å². The number of carbonyl (C=O) groups is 3. The molecule has 2 heterocycles. The summed E-state index contributed by atoms with van der Waals surface area (Å²) in [5.74, 6) is -1.40. The predicted molar refractivity (Wildman–Crippen MR) is 96.6 cm³/mol. The SMILES string of the molecule is CCOc1ccccc1N1CC(C(=O)NC2(CC(=O)O)CCOC2)CC1=O. The molecule has 0 saturated carbocycles. The first-order chi connectivity index (χ1) is 12.9. The molecule has 8 nitrogen and oxygen atoms in total. The van der Waals surface area contributed by atoms with Gasteiger partial charge in [0.25, 0.3) is 0 Å². The number of carbonyl (C=O) groups excluding carboxylic acids is 2. The lowest BCUT2D eigenvalue weighted by Crippen LogP contribution is -2.52. The number of hydrogen-bond donors (Lipinski definition) is 2. The minimum atomic E-state index is -0.990. The van der Waals surface area contributed by atoms with Gasteiger partial charge in [0.2, 0.25) is 11.8 Å². The molecule has 27 heavy (non-hydrogen) atoms. The maximum atomic E-state index is 12.8. The fraction of sp³-hybridized carbons (Fsp3) is 0.526. The van der Waals surface area contributed by atoms with Gasteiger partial charge in [-0.15, -0.1) is 0 Å². The molecule has 2 aliphatic heterocycles. The fourth-order valence-corrected chi connectivity index (χ4v) is 3.62. The molecule has 0 aliphatic carbocycles. The van der Waals surface area contributed by atoms with Gasteiger partial charge < -0.3 is 24.8 Å². The van der Waals surface area contributed by atoms with Gasteiger partial charge in [-0.3, -0.25) is 14.4 Å². The molecule has 0 aromatic heterocycles. The van der Waals surface area contributed by atoms with Crippen molar-refractivity contribution in [2.75, 3.05) is 31.3 Å². The lowest BCUT2D eigenvalue weighted by molar-refractivity contribution is -0.139. The van der Waals surface area contributed by atoms with Gasteiger partial charge in [-0.25, -0.2) is 0 Å². The number of aliphatic carboxylic acids is 1. The molecule has 146 valence electrons. The highest BCUT2D eigenvalue weighted by molar-refractivity contribution is 6.01. The van der Waals surface area contributed by atoms with E-state index in [9.17, 15) is 14.4 Å². The Kier molecular flexibility index (Phi) is 5.65. The van der Waals surface area contributed by atoms with Crippen LogP contribution in [0.5, 0.6) is 5.75 Å². The first kappa shape index (κ1) is 19.2. The van der Waals surface area contributed by atoms with Crippen molar-refractivity contribution in [2.24, 2.45) is 5.92 Å². The Hall–Kier alpha value is -2.61. The third-order valence-electron chi connectivity index (χ3n) is 4.93. The third kappa shape index (κ3) is 4.21. The summed E-state index contributed by atoms with van der Waals surface area (Å²) >= 11 is 0. The molecule has 0 bridgehead atoms. The molecule has 2 unspecified atom stereocenters. The molecule has 2 amide bonds. The van der Waals surface area contributed by atoms with E-state index < -0.39 is 17.4 Å². The van der Waals surface area contributed by atoms with Crippen LogP contribution in [-0.2, 0) is 19.1 Å². The van der Waals surface area contributed by atoms with E-state index in [1.807, 2.05) is 19.1 Å². The van der Waals surface area contributed by atoms with Crippen molar-refractivity contribution >= 4 is 23.5 Å². The van der Waals surface area contributed by atoms with Crippen molar-refractivity contribution < 1.29 is 29.0 Å². The molecule has 2 N–H and O–H groups in total. The number of nitrogens with zero attached hydrogens (tertiary/aromatic N) is 1. The second-order valence-electron chi connectivity index (χ2n) is 6.95. The molecule has 2 aliphatic rings. The van der Waals surface area contributed by atoms with Gasteiger partial charge in [0, 0.05) is 19.6 Å². The molecule has 8 heteroatoms. The molecule has 2 fully saturated rings. The minimum Gasteiger partial charge on any atom is -0.492 e. The van der Waals surface area contributed by atoms with Crippen LogP contribution in [0.25, 0.3) is 0 Å². The van der Waals surface area contributed by atoms with E-state index in [2.05, 4.69) is 5.32 Å². The van der Waals surface area contributed by atoms with Crippen LogP contribution in [0, 0.1) is 5.92 Å². The van der Waals surface area contributed by atoms with Crippen LogP contribution in [0.4, 0.5) is 5.69 Å². The summed E-state index contributed by atoms with van der Waals surface area (Å²) in [4.78, 5) is 38.0. The van der Waals surface area contributed by atoms with Crippen molar-refractivity contribution in [3.8, 4) is 5.75 Å². The number of benzene rings is 1. The Labute approximate surface area is 157 Å². The van der Waals surface area contributed by atoms with Crippen molar-refractivity contribution in [3.63, 3.8) is 0 Å². The molecular formula is C19H24N2O6. The maximum absolute atomic E-state index is 12.8. The lowest BCUT2D eigenvalue weighted by atomic mass is 9.93. The molecule has 3 rings (SSSR count). The molecular weight excluding hydrogens is 352 g/mol. The lowest BCUT2D eigenvalue weighted by Gasteiger charge is -2.28. The summed E-state index contributed by atoms with van der Waals surface area (Å²) in [6.45, 7) is 3.15. The van der Waals surface area contributed by atoms with Gasteiger partial charge in [0.15, 0.2) is 0 Å². The van der Waals surface area contributed by atoms with Crippen LogP contribution in [0.2, 0.25) is 0 Å². The van der Waals surface area contributed by atoms with Crippen LogP contribution < -0.4 is 15.0 Å². The normalized spacial score (nSPS) is 24.9. The summed E-state index contributed by atoms with van der Waals surface area (Å²) in [7, 11) is 0. The zero-order valence-corrected chi connectivity index (χ0v) is 15.3. The smallest absolute Gasteiger partial charge is 0.305 e. The fourth-order valence-electron chi connectivity index (χ4n) is 3.62. The zero-order valence-electron chi connectivity index (χ0n) is 15.3. The van der Waals surface area contributed by atoms with E-state index in [1.54, 1.807) is 17.0 Å². The van der Waals surface area contributed by atoms with Gasteiger partial charge in [0.05, 0.1) is 36.8 Å². The second-order valence-corrected chi connectivity index (χ2v) is 6.95. The number of ether oxygens (including phenoxy) is 2. The van der Waals surface area contributed by atoms with Gasteiger partial charge >= 0.3 is 5.97 Å². The number of rotatable bonds is 7. The number of amides is 2. The maximum Gasteiger partial charge on any atom is 0.305 e. The van der Waals surface area contributed by atoms with Gasteiger partial charge in [-0.2, -0.15) is 0 Å². The molecule has 0 radical (unpaired) electrons. The Morgan fingerprint density at radius 3 is 2.85 bits per heavy atom. The first-order valence-electron chi connectivity index (χ1n) is 9.08. The molecule has 0 spiro atoms. The second kappa shape index (κ2) is 7.96. The highest BCUT2D eigenvalue weighted by Crippen LogP contribution is 2.33. The number of carboxylic acid groups (broad SMARTS) is 1. The monoisotopic (exact) mass is 376 g/mol. The summed E-state index contributed by atoms with van der Waals surface area (Å²) in [5, 5.41) is 12.0. The molecule has 2 atom stereocenters. The van der Waals surface area contributed by atoms with E-state index in [1.165, 1.54) is 0 Å². The Bertz CT molecular complexity index is 729. The van der Waals surface area contributed by atoms with Crippen LogP contribution in [0.15, 0.2) is 24.3 Å². The Morgan fingerprint density at radius 1 is 1.41 bits per heavy atom. The van der Waals surface area contributed by atoms with Crippen LogP contribution >= 0.6 is 0 Å². The average molecular weight is 376 g/mol. The number of hydrogen-bond acceptors (Lipinski definition) is 5. The summed E-state index contributed by atoms with van der Waals surface area (Å²) < 4.78 is 10.9. The minimum absolute atomic E-state index is 0.0797. The van der Waals surface area contributed by atoms with E-state index in [0.29, 0.717) is 31.1 Å². The number of anilines is 1. The van der Waals surface area contributed by atoms with Gasteiger partial charge in [0.1, 0.15) is 5.75 Å². The van der Waals surface area contributed by atoms with Crippen LogP contribution in [0.1, 0.15) is 26.2 Å². The molecule has 1 aromatic rings. The number of para-hydroxylation sites is 2. The standard InChI is InChI=1S/C19H24N2O6/c1-2-27-15-6-4-3-5-14(15)21-11-13(9-16(21)22)18(25)20-19(10-17(23)24)7-8-26-12-19/h3-6,13H,2,7-12H2,1H3,(H,20,25)(H,23,24). The van der Waals surface area contributed by atoms with E-state index in [-0.39, 0.29) is 37.8 Å². The average Bonchev–Trinajstić information content (AvgIpc) is 3.22. The largest absolute Gasteiger partial charge is 0.492 e. The highest BCUT2D eigenvalue weighted by atomic mass is 16.5. The summed E-state index contributed by atoms with van der Waals surface area (Å²) in [5.41, 5.74) is -0.258. The first-order valence-corrected chi connectivity index (χ1v) is 9.08. The summed E-state index contributed by atoms with van der Waals surface area (Å²) in [6, 6.07) is 7.22. The van der Waals surface area contributed by atoms with E-state index in [0.717, 1.165) is 0 Å². The Balaban J connectivity index is 1.71. The summed E-state index contributed by atoms with van der Waals surface area (Å²) in [6.07, 6.45) is 0.329. The van der Waals surface area contributed by atoms with Crippen LogP contribution in [-0.4, -0.2) is 54.8 Å². The zero-order chi connectivity index (χ0) is 19.4. The topological polar surface area (TPSA) is 105 Å². The van der Waals surface area contributed by atoms with E-state index in [4.69, 9.17) is 14.6 Å². The molecule has 1 aromatic carbocycles.